The maximum atomic E-state index is 13.1. The van der Waals surface area contributed by atoms with Crippen molar-refractivity contribution in [3.05, 3.63) is 80.2 Å². The van der Waals surface area contributed by atoms with E-state index in [2.05, 4.69) is 0 Å². The molecule has 0 aromatic heterocycles. The van der Waals surface area contributed by atoms with Crippen molar-refractivity contribution in [2.45, 2.75) is 25.8 Å². The Morgan fingerprint density at radius 2 is 1.85 bits per heavy atom. The summed E-state index contributed by atoms with van der Waals surface area (Å²) in [6.45, 7) is 1.73. The second kappa shape index (κ2) is 7.01. The molecule has 1 unspecified atom stereocenters. The van der Waals surface area contributed by atoms with Crippen LogP contribution >= 0.6 is 0 Å². The molecule has 136 valence electrons. The number of nitrogens with zero attached hydrogens (tertiary/aromatic N) is 2. The van der Waals surface area contributed by atoms with Crippen LogP contribution in [0.3, 0.4) is 0 Å². The first-order valence-electron chi connectivity index (χ1n) is 8.31. The Morgan fingerprint density at radius 3 is 2.58 bits per heavy atom. The monoisotopic (exact) mass is 372 g/mol. The molecule has 3 rings (SSSR count). The molecule has 1 atom stereocenters. The number of sulfonamides is 1. The fourth-order valence-corrected chi connectivity index (χ4v) is 4.65. The lowest BCUT2D eigenvalue weighted by Crippen LogP contribution is -2.31. The summed E-state index contributed by atoms with van der Waals surface area (Å²) >= 11 is 0. The van der Waals surface area contributed by atoms with E-state index in [1.807, 2.05) is 24.3 Å². The lowest BCUT2D eigenvalue weighted by atomic mass is 9.98. The second-order valence-electron chi connectivity index (χ2n) is 6.36. The molecule has 7 heteroatoms. The first-order valence-corrected chi connectivity index (χ1v) is 9.75. The highest BCUT2D eigenvalue weighted by atomic mass is 32.2. The number of nitro benzene ring substituents is 1. The predicted molar refractivity (Wildman–Crippen MR) is 101 cm³/mol. The van der Waals surface area contributed by atoms with E-state index in [9.17, 15) is 18.5 Å². The van der Waals surface area contributed by atoms with Crippen molar-refractivity contribution in [2.75, 3.05) is 7.05 Å². The van der Waals surface area contributed by atoms with Gasteiger partial charge < -0.3 is 0 Å². The SMILES string of the molecule is CC(c1cccc([N+](=O)[O-])c1)N(C)S(=O)(=O)C1=Cc2ccccc2CC1. The van der Waals surface area contributed by atoms with Gasteiger partial charge in [-0.05, 0) is 42.5 Å². The first kappa shape index (κ1) is 18.3. The van der Waals surface area contributed by atoms with Crippen LogP contribution in [0.1, 0.15) is 36.1 Å². The maximum absolute atomic E-state index is 13.1. The van der Waals surface area contributed by atoms with E-state index >= 15 is 0 Å². The van der Waals surface area contributed by atoms with Crippen molar-refractivity contribution < 1.29 is 13.3 Å². The molecule has 0 heterocycles. The first-order chi connectivity index (χ1) is 12.3. The highest BCUT2D eigenvalue weighted by Crippen LogP contribution is 2.32. The van der Waals surface area contributed by atoms with E-state index in [1.54, 1.807) is 25.1 Å². The van der Waals surface area contributed by atoms with Gasteiger partial charge in [0.2, 0.25) is 10.0 Å². The minimum Gasteiger partial charge on any atom is -0.258 e. The van der Waals surface area contributed by atoms with Gasteiger partial charge in [-0.1, -0.05) is 36.4 Å². The summed E-state index contributed by atoms with van der Waals surface area (Å²) in [5, 5.41) is 11.0. The van der Waals surface area contributed by atoms with E-state index in [0.717, 1.165) is 11.1 Å². The van der Waals surface area contributed by atoms with E-state index in [0.29, 0.717) is 23.3 Å². The molecule has 0 aliphatic heterocycles. The zero-order chi connectivity index (χ0) is 18.9. The van der Waals surface area contributed by atoms with Crippen LogP contribution in [-0.2, 0) is 16.4 Å². The molecule has 0 saturated heterocycles. The van der Waals surface area contributed by atoms with E-state index < -0.39 is 21.0 Å². The Kier molecular flexibility index (Phi) is 4.93. The molecule has 1 aliphatic rings. The van der Waals surface area contributed by atoms with Crippen molar-refractivity contribution in [1.29, 1.82) is 0 Å². The van der Waals surface area contributed by atoms with Crippen LogP contribution in [0.15, 0.2) is 53.4 Å². The number of hydrogen-bond donors (Lipinski definition) is 0. The fourth-order valence-electron chi connectivity index (χ4n) is 3.11. The molecule has 0 spiro atoms. The molecular formula is C19H20N2O4S. The molecule has 0 bridgehead atoms. The third-order valence-electron chi connectivity index (χ3n) is 4.83. The molecule has 6 nitrogen and oxygen atoms in total. The summed E-state index contributed by atoms with van der Waals surface area (Å²) in [7, 11) is -2.15. The van der Waals surface area contributed by atoms with Crippen molar-refractivity contribution in [3.8, 4) is 0 Å². The van der Waals surface area contributed by atoms with Crippen LogP contribution in [-0.4, -0.2) is 24.7 Å². The largest absolute Gasteiger partial charge is 0.269 e. The van der Waals surface area contributed by atoms with Crippen LogP contribution in [0.25, 0.3) is 6.08 Å². The number of non-ortho nitro benzene ring substituents is 1. The van der Waals surface area contributed by atoms with Crippen molar-refractivity contribution in [1.82, 2.24) is 4.31 Å². The van der Waals surface area contributed by atoms with Crippen LogP contribution in [0, 0.1) is 10.1 Å². The Bertz CT molecular complexity index is 983. The lowest BCUT2D eigenvalue weighted by molar-refractivity contribution is -0.384. The number of rotatable bonds is 5. The Hall–Kier alpha value is -2.51. The maximum Gasteiger partial charge on any atom is 0.269 e. The van der Waals surface area contributed by atoms with E-state index in [-0.39, 0.29) is 5.69 Å². The molecule has 0 radical (unpaired) electrons. The molecule has 0 fully saturated rings. The van der Waals surface area contributed by atoms with Crippen LogP contribution in [0.2, 0.25) is 0 Å². The molecule has 0 saturated carbocycles. The highest BCUT2D eigenvalue weighted by Gasteiger charge is 2.30. The fraction of sp³-hybridized carbons (Fsp3) is 0.263. The van der Waals surface area contributed by atoms with Gasteiger partial charge in [0.25, 0.3) is 5.69 Å². The third kappa shape index (κ3) is 3.40. The molecule has 1 aliphatic carbocycles. The number of allylic oxidation sites excluding steroid dienone is 1. The van der Waals surface area contributed by atoms with Gasteiger partial charge in [0, 0.05) is 25.2 Å². The minimum absolute atomic E-state index is 0.0500. The Labute approximate surface area is 153 Å². The third-order valence-corrected chi connectivity index (χ3v) is 6.89. The standard InChI is InChI=1S/C19H20N2O4S/c1-14(16-8-5-9-18(12-16)21(22)23)20(2)26(24,25)19-11-10-15-6-3-4-7-17(15)13-19/h3-9,12-14H,10-11H2,1-2H3. The van der Waals surface area contributed by atoms with Gasteiger partial charge >= 0.3 is 0 Å². The summed E-state index contributed by atoms with van der Waals surface area (Å²) in [4.78, 5) is 10.9. The molecular weight excluding hydrogens is 352 g/mol. The topological polar surface area (TPSA) is 80.5 Å². The normalized spacial score (nSPS) is 15.3. The van der Waals surface area contributed by atoms with Crippen molar-refractivity contribution >= 4 is 21.8 Å². The molecule has 0 N–H and O–H groups in total. The summed E-state index contributed by atoms with van der Waals surface area (Å²) in [5.74, 6) is 0. The van der Waals surface area contributed by atoms with Gasteiger partial charge in [-0.15, -0.1) is 0 Å². The number of hydrogen-bond acceptors (Lipinski definition) is 4. The summed E-state index contributed by atoms with van der Waals surface area (Å²) < 4.78 is 27.4. The Morgan fingerprint density at radius 1 is 1.12 bits per heavy atom. The average Bonchev–Trinajstić information content (AvgIpc) is 2.66. The van der Waals surface area contributed by atoms with Crippen molar-refractivity contribution in [2.24, 2.45) is 0 Å². The molecule has 26 heavy (non-hydrogen) atoms. The van der Waals surface area contributed by atoms with Crippen LogP contribution in [0.4, 0.5) is 5.69 Å². The molecule has 2 aromatic carbocycles. The van der Waals surface area contributed by atoms with Crippen LogP contribution in [0.5, 0.6) is 0 Å². The average molecular weight is 372 g/mol. The quantitative estimate of drug-likeness (QED) is 0.589. The van der Waals surface area contributed by atoms with Gasteiger partial charge in [-0.25, -0.2) is 8.42 Å². The predicted octanol–water partition coefficient (Wildman–Crippen LogP) is 3.90. The molecule has 0 amide bonds. The van der Waals surface area contributed by atoms with E-state index in [4.69, 9.17) is 0 Å². The smallest absolute Gasteiger partial charge is 0.258 e. The van der Waals surface area contributed by atoms with Gasteiger partial charge in [0.15, 0.2) is 0 Å². The number of benzene rings is 2. The van der Waals surface area contributed by atoms with Gasteiger partial charge in [0.05, 0.1) is 9.83 Å². The molecule has 2 aromatic rings. The number of nitro groups is 1. The van der Waals surface area contributed by atoms with Gasteiger partial charge in [-0.3, -0.25) is 10.1 Å². The highest BCUT2D eigenvalue weighted by molar-refractivity contribution is 7.93. The van der Waals surface area contributed by atoms with Crippen LogP contribution < -0.4 is 0 Å². The summed E-state index contributed by atoms with van der Waals surface area (Å²) in [6.07, 6.45) is 2.86. The zero-order valence-corrected chi connectivity index (χ0v) is 15.4. The summed E-state index contributed by atoms with van der Waals surface area (Å²) in [6, 6.07) is 13.3. The number of fused-ring (bicyclic) bond motifs is 1. The minimum atomic E-state index is -3.66. The number of aryl methyl sites for hydroxylation is 1. The lowest BCUT2D eigenvalue weighted by Gasteiger charge is -2.27. The second-order valence-corrected chi connectivity index (χ2v) is 8.41. The summed E-state index contributed by atoms with van der Waals surface area (Å²) in [5.41, 5.74) is 2.60. The van der Waals surface area contributed by atoms with Gasteiger partial charge in [-0.2, -0.15) is 4.31 Å². The van der Waals surface area contributed by atoms with Crippen molar-refractivity contribution in [3.63, 3.8) is 0 Å². The zero-order valence-electron chi connectivity index (χ0n) is 14.6. The van der Waals surface area contributed by atoms with E-state index in [1.165, 1.54) is 23.5 Å². The van der Waals surface area contributed by atoms with Gasteiger partial charge in [0.1, 0.15) is 0 Å². The Balaban J connectivity index is 1.91.